The molecule has 0 radical (unpaired) electrons. The summed E-state index contributed by atoms with van der Waals surface area (Å²) in [6.45, 7) is 4.27. The summed E-state index contributed by atoms with van der Waals surface area (Å²) in [7, 11) is 6.25. The summed E-state index contributed by atoms with van der Waals surface area (Å²) >= 11 is 0. The number of hydrogen-bond acceptors (Lipinski definition) is 3. The van der Waals surface area contributed by atoms with Crippen LogP contribution >= 0.6 is 0 Å². The SMILES string of the molecule is CCCn1c(CC(CN(C)C)NC)nc2ccccc21. The van der Waals surface area contributed by atoms with Crippen LogP contribution in [-0.4, -0.2) is 48.2 Å². The quantitative estimate of drug-likeness (QED) is 0.840. The molecule has 0 amide bonds. The van der Waals surface area contributed by atoms with Crippen molar-refractivity contribution in [2.45, 2.75) is 32.4 Å². The lowest BCUT2D eigenvalue weighted by Gasteiger charge is -2.20. The van der Waals surface area contributed by atoms with Crippen LogP contribution in [0.25, 0.3) is 11.0 Å². The van der Waals surface area contributed by atoms with Crippen LogP contribution in [0.4, 0.5) is 0 Å². The maximum Gasteiger partial charge on any atom is 0.111 e. The van der Waals surface area contributed by atoms with Crippen LogP contribution in [0.3, 0.4) is 0 Å². The van der Waals surface area contributed by atoms with E-state index < -0.39 is 0 Å². The summed E-state index contributed by atoms with van der Waals surface area (Å²) in [5, 5.41) is 3.40. The van der Waals surface area contributed by atoms with E-state index in [0.29, 0.717) is 6.04 Å². The minimum absolute atomic E-state index is 0.428. The van der Waals surface area contributed by atoms with Crippen molar-refractivity contribution in [3.63, 3.8) is 0 Å². The molecular weight excluding hydrogens is 248 g/mol. The molecule has 0 aliphatic carbocycles. The van der Waals surface area contributed by atoms with Gasteiger partial charge in [0.15, 0.2) is 0 Å². The zero-order valence-electron chi connectivity index (χ0n) is 13.1. The number of aryl methyl sites for hydroxylation is 1. The fourth-order valence-corrected chi connectivity index (χ4v) is 2.67. The van der Waals surface area contributed by atoms with Gasteiger partial charge in [-0.1, -0.05) is 19.1 Å². The highest BCUT2D eigenvalue weighted by atomic mass is 15.1. The average Bonchev–Trinajstić information content (AvgIpc) is 2.76. The number of benzene rings is 1. The number of para-hydroxylation sites is 2. The van der Waals surface area contributed by atoms with Gasteiger partial charge in [-0.3, -0.25) is 0 Å². The van der Waals surface area contributed by atoms with Gasteiger partial charge in [0.2, 0.25) is 0 Å². The molecule has 4 heteroatoms. The van der Waals surface area contributed by atoms with E-state index in [1.807, 2.05) is 7.05 Å². The van der Waals surface area contributed by atoms with Gasteiger partial charge in [-0.15, -0.1) is 0 Å². The van der Waals surface area contributed by atoms with Gasteiger partial charge < -0.3 is 14.8 Å². The van der Waals surface area contributed by atoms with Gasteiger partial charge >= 0.3 is 0 Å². The van der Waals surface area contributed by atoms with Crippen LogP contribution < -0.4 is 5.32 Å². The van der Waals surface area contributed by atoms with Crippen LogP contribution in [0.2, 0.25) is 0 Å². The Morgan fingerprint density at radius 3 is 2.70 bits per heavy atom. The van der Waals surface area contributed by atoms with Gasteiger partial charge in [0, 0.05) is 25.6 Å². The van der Waals surface area contributed by atoms with Crippen molar-refractivity contribution < 1.29 is 0 Å². The largest absolute Gasteiger partial charge is 0.328 e. The molecule has 1 aromatic heterocycles. The minimum Gasteiger partial charge on any atom is -0.328 e. The Morgan fingerprint density at radius 1 is 1.30 bits per heavy atom. The van der Waals surface area contributed by atoms with E-state index in [4.69, 9.17) is 4.98 Å². The number of likely N-dealkylation sites (N-methyl/N-ethyl adjacent to an activating group) is 2. The Kier molecular flexibility index (Phi) is 5.15. The first-order valence-corrected chi connectivity index (χ1v) is 7.41. The van der Waals surface area contributed by atoms with Crippen LogP contribution in [0, 0.1) is 0 Å². The Hall–Kier alpha value is -1.39. The first-order valence-electron chi connectivity index (χ1n) is 7.41. The number of nitrogens with zero attached hydrogens (tertiary/aromatic N) is 3. The molecule has 0 aliphatic heterocycles. The van der Waals surface area contributed by atoms with E-state index in [1.54, 1.807) is 0 Å². The van der Waals surface area contributed by atoms with E-state index in [-0.39, 0.29) is 0 Å². The Labute approximate surface area is 121 Å². The van der Waals surface area contributed by atoms with Gasteiger partial charge in [-0.25, -0.2) is 4.98 Å². The second-order valence-electron chi connectivity index (χ2n) is 5.62. The molecule has 2 aromatic rings. The van der Waals surface area contributed by atoms with Crippen LogP contribution in [0.1, 0.15) is 19.2 Å². The van der Waals surface area contributed by atoms with E-state index in [2.05, 4.69) is 60.1 Å². The first kappa shape index (κ1) is 15.0. The zero-order chi connectivity index (χ0) is 14.5. The van der Waals surface area contributed by atoms with Crippen molar-refractivity contribution in [3.8, 4) is 0 Å². The molecule has 0 spiro atoms. The van der Waals surface area contributed by atoms with Crippen LogP contribution in [0.15, 0.2) is 24.3 Å². The van der Waals surface area contributed by atoms with Crippen molar-refractivity contribution >= 4 is 11.0 Å². The normalized spacial score (nSPS) is 13.2. The third kappa shape index (κ3) is 3.38. The summed E-state index contributed by atoms with van der Waals surface area (Å²) in [5.74, 6) is 1.19. The summed E-state index contributed by atoms with van der Waals surface area (Å²) in [4.78, 5) is 7.05. The second kappa shape index (κ2) is 6.86. The molecule has 0 aliphatic rings. The number of fused-ring (bicyclic) bond motifs is 1. The second-order valence-corrected chi connectivity index (χ2v) is 5.62. The molecule has 0 saturated carbocycles. The van der Waals surface area contributed by atoms with Crippen molar-refractivity contribution in [2.24, 2.45) is 0 Å². The topological polar surface area (TPSA) is 33.1 Å². The van der Waals surface area contributed by atoms with Crippen molar-refractivity contribution in [1.29, 1.82) is 0 Å². The fourth-order valence-electron chi connectivity index (χ4n) is 2.67. The predicted octanol–water partition coefficient (Wildman–Crippen LogP) is 2.14. The van der Waals surface area contributed by atoms with Gasteiger partial charge in [-0.05, 0) is 39.7 Å². The molecule has 20 heavy (non-hydrogen) atoms. The van der Waals surface area contributed by atoms with E-state index in [9.17, 15) is 0 Å². The molecule has 4 nitrogen and oxygen atoms in total. The Morgan fingerprint density at radius 2 is 2.05 bits per heavy atom. The lowest BCUT2D eigenvalue weighted by Crippen LogP contribution is -2.38. The number of hydrogen-bond donors (Lipinski definition) is 1. The molecule has 0 saturated heterocycles. The zero-order valence-corrected chi connectivity index (χ0v) is 13.1. The number of nitrogens with one attached hydrogen (secondary N) is 1. The maximum atomic E-state index is 4.83. The Balaban J connectivity index is 2.29. The molecule has 2 rings (SSSR count). The van der Waals surface area contributed by atoms with E-state index >= 15 is 0 Å². The molecule has 1 N–H and O–H groups in total. The lowest BCUT2D eigenvalue weighted by atomic mass is 10.2. The van der Waals surface area contributed by atoms with Crippen molar-refractivity contribution in [1.82, 2.24) is 19.8 Å². The third-order valence-electron chi connectivity index (χ3n) is 3.60. The molecule has 1 atom stereocenters. The van der Waals surface area contributed by atoms with Gasteiger partial charge in [0.05, 0.1) is 11.0 Å². The number of imidazole rings is 1. The van der Waals surface area contributed by atoms with Gasteiger partial charge in [-0.2, -0.15) is 0 Å². The Bertz CT molecular complexity index is 544. The standard InChI is InChI=1S/C16H26N4/c1-5-10-20-15-9-7-6-8-14(15)18-16(20)11-13(17-2)12-19(3)4/h6-9,13,17H,5,10-12H2,1-4H3. The monoisotopic (exact) mass is 274 g/mol. The molecular formula is C16H26N4. The van der Waals surface area contributed by atoms with Crippen molar-refractivity contribution in [2.75, 3.05) is 27.7 Å². The average molecular weight is 274 g/mol. The maximum absolute atomic E-state index is 4.83. The highest BCUT2D eigenvalue weighted by Gasteiger charge is 2.15. The molecule has 0 fully saturated rings. The molecule has 110 valence electrons. The minimum atomic E-state index is 0.428. The summed E-state index contributed by atoms with van der Waals surface area (Å²) < 4.78 is 2.37. The highest BCUT2D eigenvalue weighted by Crippen LogP contribution is 2.17. The molecule has 1 unspecified atom stereocenters. The van der Waals surface area contributed by atoms with Gasteiger partial charge in [0.1, 0.15) is 5.82 Å². The highest BCUT2D eigenvalue weighted by molar-refractivity contribution is 5.75. The summed E-state index contributed by atoms with van der Waals surface area (Å²) in [5.41, 5.74) is 2.36. The van der Waals surface area contributed by atoms with Crippen LogP contribution in [0.5, 0.6) is 0 Å². The number of rotatable bonds is 7. The predicted molar refractivity (Wildman–Crippen MR) is 85.1 cm³/mol. The first-order chi connectivity index (χ1) is 9.65. The van der Waals surface area contributed by atoms with Crippen molar-refractivity contribution in [3.05, 3.63) is 30.1 Å². The van der Waals surface area contributed by atoms with E-state index in [1.165, 1.54) is 11.3 Å². The summed E-state index contributed by atoms with van der Waals surface area (Å²) in [6, 6.07) is 8.85. The lowest BCUT2D eigenvalue weighted by molar-refractivity contribution is 0.342. The molecule has 0 bridgehead atoms. The smallest absolute Gasteiger partial charge is 0.111 e. The third-order valence-corrected chi connectivity index (χ3v) is 3.60. The molecule has 1 heterocycles. The molecule has 1 aromatic carbocycles. The fraction of sp³-hybridized carbons (Fsp3) is 0.562. The summed E-state index contributed by atoms with van der Waals surface area (Å²) in [6.07, 6.45) is 2.09. The van der Waals surface area contributed by atoms with E-state index in [0.717, 1.165) is 31.4 Å². The number of aromatic nitrogens is 2. The van der Waals surface area contributed by atoms with Crippen LogP contribution in [-0.2, 0) is 13.0 Å². The van der Waals surface area contributed by atoms with Gasteiger partial charge in [0.25, 0.3) is 0 Å².